The van der Waals surface area contributed by atoms with Gasteiger partial charge in [0.2, 0.25) is 0 Å². The SMILES string of the molecule is Cl.Ic1cnn(CC2CNC2)c1. The minimum Gasteiger partial charge on any atom is -0.316 e. The highest BCUT2D eigenvalue weighted by molar-refractivity contribution is 14.1. The van der Waals surface area contributed by atoms with E-state index in [1.807, 2.05) is 10.9 Å². The van der Waals surface area contributed by atoms with Gasteiger partial charge in [0.05, 0.1) is 9.77 Å². The van der Waals surface area contributed by atoms with Crippen molar-refractivity contribution < 1.29 is 0 Å². The largest absolute Gasteiger partial charge is 0.316 e. The van der Waals surface area contributed by atoms with E-state index < -0.39 is 0 Å². The zero-order valence-electron chi connectivity index (χ0n) is 6.53. The van der Waals surface area contributed by atoms with Gasteiger partial charge in [-0.3, -0.25) is 4.68 Å². The maximum Gasteiger partial charge on any atom is 0.0623 e. The van der Waals surface area contributed by atoms with Crippen molar-refractivity contribution in [3.05, 3.63) is 16.0 Å². The Bertz CT molecular complexity index is 247. The summed E-state index contributed by atoms with van der Waals surface area (Å²) in [5.74, 6) is 0.797. The lowest BCUT2D eigenvalue weighted by Gasteiger charge is -2.26. The zero-order valence-corrected chi connectivity index (χ0v) is 9.51. The fourth-order valence-corrected chi connectivity index (χ4v) is 1.63. The van der Waals surface area contributed by atoms with Crippen LogP contribution in [0.15, 0.2) is 12.4 Å². The van der Waals surface area contributed by atoms with Crippen molar-refractivity contribution in [2.75, 3.05) is 13.1 Å². The lowest BCUT2D eigenvalue weighted by atomic mass is 10.0. The van der Waals surface area contributed by atoms with E-state index in [0.717, 1.165) is 25.6 Å². The van der Waals surface area contributed by atoms with Crippen molar-refractivity contribution in [1.82, 2.24) is 15.1 Å². The normalized spacial score (nSPS) is 16.8. The van der Waals surface area contributed by atoms with E-state index in [1.165, 1.54) is 3.57 Å². The van der Waals surface area contributed by atoms with Crippen LogP contribution in [0.25, 0.3) is 0 Å². The summed E-state index contributed by atoms with van der Waals surface area (Å²) < 4.78 is 3.24. The molecule has 1 saturated heterocycles. The number of hydrogen-bond acceptors (Lipinski definition) is 2. The Kier molecular flexibility index (Phi) is 3.79. The predicted molar refractivity (Wildman–Crippen MR) is 58.6 cm³/mol. The number of halogens is 2. The number of hydrogen-bond donors (Lipinski definition) is 1. The summed E-state index contributed by atoms with van der Waals surface area (Å²) in [6.45, 7) is 3.36. The molecule has 1 fully saturated rings. The molecular formula is C7H11ClIN3. The van der Waals surface area contributed by atoms with Gasteiger partial charge >= 0.3 is 0 Å². The van der Waals surface area contributed by atoms with Crippen LogP contribution in [0.2, 0.25) is 0 Å². The smallest absolute Gasteiger partial charge is 0.0623 e. The van der Waals surface area contributed by atoms with E-state index in [0.29, 0.717) is 0 Å². The van der Waals surface area contributed by atoms with Crippen LogP contribution in [0.3, 0.4) is 0 Å². The van der Waals surface area contributed by atoms with E-state index in [9.17, 15) is 0 Å². The van der Waals surface area contributed by atoms with Crippen LogP contribution in [0.4, 0.5) is 0 Å². The Balaban J connectivity index is 0.000000720. The minimum absolute atomic E-state index is 0. The number of nitrogens with one attached hydrogen (secondary N) is 1. The van der Waals surface area contributed by atoms with Gasteiger partial charge in [0, 0.05) is 31.7 Å². The third-order valence-corrected chi connectivity index (χ3v) is 2.47. The van der Waals surface area contributed by atoms with Gasteiger partial charge < -0.3 is 5.32 Å². The average Bonchev–Trinajstić information content (AvgIpc) is 2.27. The average molecular weight is 300 g/mol. The molecule has 0 atom stereocenters. The highest BCUT2D eigenvalue weighted by Crippen LogP contribution is 2.07. The first-order valence-electron chi connectivity index (χ1n) is 3.73. The van der Waals surface area contributed by atoms with E-state index in [-0.39, 0.29) is 12.4 Å². The Hall–Kier alpha value is 0.190. The molecule has 0 amide bonds. The summed E-state index contributed by atoms with van der Waals surface area (Å²) in [7, 11) is 0. The van der Waals surface area contributed by atoms with Crippen molar-refractivity contribution in [2.45, 2.75) is 6.54 Å². The van der Waals surface area contributed by atoms with Gasteiger partial charge in [-0.2, -0.15) is 5.10 Å². The summed E-state index contributed by atoms with van der Waals surface area (Å²) in [6, 6.07) is 0. The molecular weight excluding hydrogens is 288 g/mol. The Morgan fingerprint density at radius 1 is 1.67 bits per heavy atom. The third-order valence-electron chi connectivity index (χ3n) is 1.91. The molecule has 1 N–H and O–H groups in total. The molecule has 1 aliphatic rings. The second kappa shape index (κ2) is 4.43. The second-order valence-corrected chi connectivity index (χ2v) is 4.15. The minimum atomic E-state index is 0. The molecule has 2 rings (SSSR count). The first-order chi connectivity index (χ1) is 5.34. The fraction of sp³-hybridized carbons (Fsp3) is 0.571. The molecule has 0 aliphatic carbocycles. The van der Waals surface area contributed by atoms with E-state index in [1.54, 1.807) is 0 Å². The standard InChI is InChI=1S/C7H10IN3.ClH/c8-7-3-10-11(5-7)4-6-1-9-2-6;/h3,5-6,9H,1-2,4H2;1H. The zero-order chi connectivity index (χ0) is 7.68. The van der Waals surface area contributed by atoms with Crippen molar-refractivity contribution in [1.29, 1.82) is 0 Å². The molecule has 0 bridgehead atoms. The molecule has 0 spiro atoms. The monoisotopic (exact) mass is 299 g/mol. The van der Waals surface area contributed by atoms with Gasteiger partial charge in [-0.15, -0.1) is 12.4 Å². The van der Waals surface area contributed by atoms with Gasteiger partial charge in [-0.1, -0.05) is 0 Å². The van der Waals surface area contributed by atoms with Crippen LogP contribution in [0, 0.1) is 9.49 Å². The van der Waals surface area contributed by atoms with E-state index in [4.69, 9.17) is 0 Å². The number of rotatable bonds is 2. The van der Waals surface area contributed by atoms with Crippen molar-refractivity contribution in [3.63, 3.8) is 0 Å². The van der Waals surface area contributed by atoms with Gasteiger partial charge in [0.25, 0.3) is 0 Å². The Labute approximate surface area is 91.5 Å². The molecule has 1 aromatic heterocycles. The van der Waals surface area contributed by atoms with Gasteiger partial charge in [0.15, 0.2) is 0 Å². The molecule has 2 heterocycles. The molecule has 3 nitrogen and oxygen atoms in total. The first-order valence-corrected chi connectivity index (χ1v) is 4.81. The summed E-state index contributed by atoms with van der Waals surface area (Å²) in [6.07, 6.45) is 3.98. The molecule has 12 heavy (non-hydrogen) atoms. The summed E-state index contributed by atoms with van der Waals surface area (Å²) in [5.41, 5.74) is 0. The topological polar surface area (TPSA) is 29.9 Å². The Morgan fingerprint density at radius 2 is 2.42 bits per heavy atom. The van der Waals surface area contributed by atoms with Crippen LogP contribution in [-0.4, -0.2) is 22.9 Å². The van der Waals surface area contributed by atoms with Crippen LogP contribution in [0.1, 0.15) is 0 Å². The van der Waals surface area contributed by atoms with Gasteiger partial charge in [0.1, 0.15) is 0 Å². The van der Waals surface area contributed by atoms with Crippen LogP contribution in [-0.2, 0) is 6.54 Å². The quantitative estimate of drug-likeness (QED) is 0.830. The van der Waals surface area contributed by atoms with Crippen molar-refractivity contribution in [2.24, 2.45) is 5.92 Å². The lowest BCUT2D eigenvalue weighted by molar-refractivity contribution is 0.295. The number of nitrogens with zero attached hydrogens (tertiary/aromatic N) is 2. The lowest BCUT2D eigenvalue weighted by Crippen LogP contribution is -2.44. The maximum absolute atomic E-state index is 4.22. The molecule has 0 saturated carbocycles. The van der Waals surface area contributed by atoms with Gasteiger partial charge in [-0.25, -0.2) is 0 Å². The molecule has 5 heteroatoms. The van der Waals surface area contributed by atoms with E-state index in [2.05, 4.69) is 39.2 Å². The molecule has 0 unspecified atom stereocenters. The van der Waals surface area contributed by atoms with Gasteiger partial charge in [-0.05, 0) is 22.6 Å². The Morgan fingerprint density at radius 3 is 2.83 bits per heavy atom. The van der Waals surface area contributed by atoms with Crippen LogP contribution >= 0.6 is 35.0 Å². The summed E-state index contributed by atoms with van der Waals surface area (Å²) in [4.78, 5) is 0. The first kappa shape index (κ1) is 10.3. The third kappa shape index (κ3) is 2.34. The van der Waals surface area contributed by atoms with Crippen LogP contribution < -0.4 is 5.32 Å². The summed E-state index contributed by atoms with van der Waals surface area (Å²) in [5, 5.41) is 7.46. The molecule has 68 valence electrons. The molecule has 0 radical (unpaired) electrons. The highest BCUT2D eigenvalue weighted by Gasteiger charge is 2.16. The summed E-state index contributed by atoms with van der Waals surface area (Å²) >= 11 is 2.28. The van der Waals surface area contributed by atoms with Crippen molar-refractivity contribution in [3.8, 4) is 0 Å². The van der Waals surface area contributed by atoms with Crippen LogP contribution in [0.5, 0.6) is 0 Å². The molecule has 1 aliphatic heterocycles. The van der Waals surface area contributed by atoms with Crippen molar-refractivity contribution >= 4 is 35.0 Å². The number of aromatic nitrogens is 2. The van der Waals surface area contributed by atoms with E-state index >= 15 is 0 Å². The second-order valence-electron chi connectivity index (χ2n) is 2.90. The predicted octanol–water partition coefficient (Wildman–Crippen LogP) is 1.13. The maximum atomic E-state index is 4.22. The fourth-order valence-electron chi connectivity index (χ4n) is 1.18. The molecule has 0 aromatic carbocycles. The highest BCUT2D eigenvalue weighted by atomic mass is 127. The molecule has 1 aromatic rings.